The van der Waals surface area contributed by atoms with Crippen LogP contribution in [-0.2, 0) is 0 Å². The van der Waals surface area contributed by atoms with Crippen molar-refractivity contribution in [3.63, 3.8) is 0 Å². The maximum Gasteiger partial charge on any atom is 0.320 e. The van der Waals surface area contributed by atoms with E-state index in [1.807, 2.05) is 33.8 Å². The Bertz CT molecular complexity index is 1300. The van der Waals surface area contributed by atoms with Gasteiger partial charge in [-0.15, -0.1) is 11.3 Å². The predicted octanol–water partition coefficient (Wildman–Crippen LogP) is 6.31. The van der Waals surface area contributed by atoms with Crippen molar-refractivity contribution in [2.75, 3.05) is 20.0 Å². The lowest BCUT2D eigenvalue weighted by molar-refractivity contribution is 0.356. The summed E-state index contributed by atoms with van der Waals surface area (Å²) in [7, 11) is 2.77. The van der Waals surface area contributed by atoms with Gasteiger partial charge in [-0.3, -0.25) is 0 Å². The third kappa shape index (κ3) is 4.14. The molecule has 32 heavy (non-hydrogen) atoms. The second-order valence-electron chi connectivity index (χ2n) is 5.80. The molecule has 4 rings (SSSR count). The lowest BCUT2D eigenvalue weighted by Crippen LogP contribution is -1.99. The second kappa shape index (κ2) is 10.7. The number of hydrogen-bond donors (Lipinski definition) is 1. The van der Waals surface area contributed by atoms with Gasteiger partial charge in [0.15, 0.2) is 5.82 Å². The van der Waals surface area contributed by atoms with Crippen molar-refractivity contribution in [1.29, 1.82) is 5.26 Å². The number of benzene rings is 2. The van der Waals surface area contributed by atoms with E-state index in [0.717, 1.165) is 11.3 Å². The van der Waals surface area contributed by atoms with Crippen LogP contribution in [0.25, 0.3) is 32.1 Å². The molecule has 0 aliphatic carbocycles. The van der Waals surface area contributed by atoms with E-state index in [9.17, 15) is 9.65 Å². The minimum atomic E-state index is -0.668. The van der Waals surface area contributed by atoms with Crippen LogP contribution in [0.4, 0.5) is 13.8 Å². The fourth-order valence-electron chi connectivity index (χ4n) is 3.09. The van der Waals surface area contributed by atoms with Gasteiger partial charge in [0.25, 0.3) is 0 Å². The average molecular weight is 459 g/mol. The minimum absolute atomic E-state index is 0.0135. The summed E-state index contributed by atoms with van der Waals surface area (Å²) in [4.78, 5) is 8.13. The van der Waals surface area contributed by atoms with Crippen molar-refractivity contribution in [2.24, 2.45) is 0 Å². The van der Waals surface area contributed by atoms with Crippen molar-refractivity contribution < 1.29 is 18.3 Å². The molecule has 0 spiro atoms. The molecule has 0 unspecified atom stereocenters. The monoisotopic (exact) mass is 458 g/mol. The molecule has 0 aliphatic heterocycles. The van der Waals surface area contributed by atoms with Crippen LogP contribution in [0.15, 0.2) is 24.3 Å². The maximum atomic E-state index is 15.5. The van der Waals surface area contributed by atoms with Crippen molar-refractivity contribution in [3.05, 3.63) is 41.5 Å². The zero-order valence-corrected chi connectivity index (χ0v) is 19.5. The summed E-state index contributed by atoms with van der Waals surface area (Å²) in [5.41, 5.74) is 6.46. The summed E-state index contributed by atoms with van der Waals surface area (Å²) in [5, 5.41) is 10.3. The molecule has 0 saturated heterocycles. The molecule has 0 bridgehead atoms. The van der Waals surface area contributed by atoms with Gasteiger partial charge in [-0.2, -0.15) is 15.2 Å². The van der Waals surface area contributed by atoms with E-state index in [0.29, 0.717) is 10.9 Å². The minimum Gasteiger partial charge on any atom is -0.480 e. The molecule has 0 atom stereocenters. The third-order valence-electron chi connectivity index (χ3n) is 4.35. The Morgan fingerprint density at radius 2 is 1.62 bits per heavy atom. The first-order valence-corrected chi connectivity index (χ1v) is 10.8. The van der Waals surface area contributed by atoms with Gasteiger partial charge in [0.05, 0.1) is 29.9 Å². The Morgan fingerprint density at radius 1 is 0.969 bits per heavy atom. The smallest absolute Gasteiger partial charge is 0.320 e. The van der Waals surface area contributed by atoms with Gasteiger partial charge in [0.2, 0.25) is 5.88 Å². The Balaban J connectivity index is 0.000000860. The molecule has 2 N–H and O–H groups in total. The highest BCUT2D eigenvalue weighted by Crippen LogP contribution is 2.42. The molecule has 168 valence electrons. The molecule has 4 aromatic rings. The Morgan fingerprint density at radius 3 is 2.22 bits per heavy atom. The van der Waals surface area contributed by atoms with E-state index in [2.05, 4.69) is 9.97 Å². The number of nitrogens with zero attached hydrogens (tertiary/aromatic N) is 3. The zero-order valence-electron chi connectivity index (χ0n) is 18.7. The number of fused-ring (bicyclic) bond motifs is 2. The fraction of sp³-hybridized carbons (Fsp3) is 0.261. The maximum absolute atomic E-state index is 15.5. The van der Waals surface area contributed by atoms with Crippen molar-refractivity contribution in [2.45, 2.75) is 27.7 Å². The van der Waals surface area contributed by atoms with Crippen LogP contribution >= 0.6 is 11.3 Å². The number of anilines is 1. The van der Waals surface area contributed by atoms with Gasteiger partial charge < -0.3 is 15.2 Å². The molecule has 0 saturated carbocycles. The number of aromatic nitrogens is 2. The van der Waals surface area contributed by atoms with Gasteiger partial charge in [0.1, 0.15) is 22.4 Å². The number of ether oxygens (including phenoxy) is 2. The third-order valence-corrected chi connectivity index (χ3v) is 5.37. The molecule has 2 heterocycles. The van der Waals surface area contributed by atoms with Crippen LogP contribution in [0.5, 0.6) is 11.9 Å². The molecular formula is C23H24F2N4O2S. The fourth-order valence-corrected chi connectivity index (χ4v) is 4.04. The summed E-state index contributed by atoms with van der Waals surface area (Å²) in [5.74, 6) is -1.03. The van der Waals surface area contributed by atoms with E-state index in [-0.39, 0.29) is 43.6 Å². The van der Waals surface area contributed by atoms with Gasteiger partial charge in [0, 0.05) is 10.9 Å². The number of halogens is 2. The highest BCUT2D eigenvalue weighted by atomic mass is 32.1. The highest BCUT2D eigenvalue weighted by Gasteiger charge is 2.22. The lowest BCUT2D eigenvalue weighted by atomic mass is 9.97. The van der Waals surface area contributed by atoms with E-state index >= 15 is 4.39 Å². The van der Waals surface area contributed by atoms with E-state index in [1.165, 1.54) is 32.4 Å². The van der Waals surface area contributed by atoms with Crippen molar-refractivity contribution in [3.8, 4) is 29.1 Å². The summed E-state index contributed by atoms with van der Waals surface area (Å²) in [6.07, 6.45) is 0. The summed E-state index contributed by atoms with van der Waals surface area (Å²) < 4.78 is 40.1. The van der Waals surface area contributed by atoms with Crippen LogP contribution in [0.3, 0.4) is 0 Å². The SMILES string of the molecule is CC.CC.COc1nc(OC)c2ccc(-c3ccc(F)c4sc(N)c(C#N)c34)c(F)c2n1. The first-order chi connectivity index (χ1) is 15.5. The Kier molecular flexibility index (Phi) is 8.27. The van der Waals surface area contributed by atoms with Crippen molar-refractivity contribution >= 4 is 37.3 Å². The topological polar surface area (TPSA) is 94.0 Å². The van der Waals surface area contributed by atoms with E-state index < -0.39 is 11.6 Å². The Labute approximate surface area is 189 Å². The zero-order chi connectivity index (χ0) is 24.0. The number of hydrogen-bond acceptors (Lipinski definition) is 7. The van der Waals surface area contributed by atoms with Gasteiger partial charge in [-0.05, 0) is 17.7 Å². The highest BCUT2D eigenvalue weighted by molar-refractivity contribution is 7.23. The normalized spacial score (nSPS) is 9.97. The molecule has 0 aliphatic rings. The quantitative estimate of drug-likeness (QED) is 0.386. The number of rotatable bonds is 3. The number of nitrogen functional groups attached to an aromatic ring is 1. The van der Waals surface area contributed by atoms with E-state index in [1.54, 1.807) is 6.07 Å². The molecular weight excluding hydrogens is 434 g/mol. The van der Waals surface area contributed by atoms with E-state index in [4.69, 9.17) is 15.2 Å². The second-order valence-corrected chi connectivity index (χ2v) is 6.85. The Hall–Kier alpha value is -3.51. The van der Waals surface area contributed by atoms with Crippen molar-refractivity contribution in [1.82, 2.24) is 9.97 Å². The molecule has 0 radical (unpaired) electrons. The van der Waals surface area contributed by atoms with Gasteiger partial charge >= 0.3 is 6.01 Å². The number of thiophene rings is 1. The van der Waals surface area contributed by atoms with Crippen LogP contribution in [0.2, 0.25) is 0 Å². The molecule has 9 heteroatoms. The van der Waals surface area contributed by atoms with Crippen LogP contribution in [0, 0.1) is 23.0 Å². The van der Waals surface area contributed by atoms with Crippen LogP contribution in [0.1, 0.15) is 33.3 Å². The number of methoxy groups -OCH3 is 2. The van der Waals surface area contributed by atoms with Crippen LogP contribution in [-0.4, -0.2) is 24.2 Å². The predicted molar refractivity (Wildman–Crippen MR) is 125 cm³/mol. The standard InChI is InChI=1S/C19H12F2N4O2S.2C2H6/c1-26-18-10-4-3-9(14(21)15(10)24-19(25-18)27-2)8-5-6-12(20)16-13(8)11(7-22)17(23)28-16;2*1-2/h3-6H,23H2,1-2H3;2*1-2H3. The summed E-state index contributed by atoms with van der Waals surface area (Å²) in [6, 6.07) is 7.68. The molecule has 0 fully saturated rings. The lowest BCUT2D eigenvalue weighted by Gasteiger charge is -2.11. The van der Waals surface area contributed by atoms with Crippen LogP contribution < -0.4 is 15.2 Å². The number of nitriles is 1. The molecule has 2 aromatic carbocycles. The average Bonchev–Trinajstić information content (AvgIpc) is 3.19. The first-order valence-electron chi connectivity index (χ1n) is 9.99. The molecule has 0 amide bonds. The first kappa shape index (κ1) is 24.8. The van der Waals surface area contributed by atoms with Gasteiger partial charge in [-0.1, -0.05) is 39.8 Å². The molecule has 2 aromatic heterocycles. The summed E-state index contributed by atoms with van der Waals surface area (Å²) >= 11 is 0.953. The largest absolute Gasteiger partial charge is 0.480 e. The molecule has 6 nitrogen and oxygen atoms in total. The van der Waals surface area contributed by atoms with Gasteiger partial charge in [-0.25, -0.2) is 8.78 Å². The summed E-state index contributed by atoms with van der Waals surface area (Å²) in [6.45, 7) is 8.00. The number of nitrogens with two attached hydrogens (primary N) is 1.